The van der Waals surface area contributed by atoms with Gasteiger partial charge in [0.1, 0.15) is 17.3 Å². The van der Waals surface area contributed by atoms with Gasteiger partial charge in [0, 0.05) is 4.88 Å². The summed E-state index contributed by atoms with van der Waals surface area (Å²) in [5, 5.41) is 1.24. The van der Waals surface area contributed by atoms with E-state index in [4.69, 9.17) is 4.74 Å². The summed E-state index contributed by atoms with van der Waals surface area (Å²) in [5.74, 6) is 1.55. The van der Waals surface area contributed by atoms with Gasteiger partial charge in [-0.05, 0) is 56.4 Å². The zero-order valence-corrected chi connectivity index (χ0v) is 14.1. The Morgan fingerprint density at radius 2 is 2.05 bits per heavy atom. The third-order valence-electron chi connectivity index (χ3n) is 5.16. The normalized spacial score (nSPS) is 22.1. The molecule has 0 saturated heterocycles. The minimum absolute atomic E-state index is 0.355. The van der Waals surface area contributed by atoms with Gasteiger partial charge in [0.2, 0.25) is 5.88 Å². The third-order valence-corrected chi connectivity index (χ3v) is 6.34. The molecule has 3 nitrogen and oxygen atoms in total. The Labute approximate surface area is 136 Å². The molecule has 2 aromatic rings. The van der Waals surface area contributed by atoms with Gasteiger partial charge in [-0.1, -0.05) is 19.8 Å². The summed E-state index contributed by atoms with van der Waals surface area (Å²) >= 11 is 1.86. The molecule has 2 aliphatic rings. The molecule has 2 heterocycles. The van der Waals surface area contributed by atoms with Crippen LogP contribution in [-0.4, -0.2) is 16.1 Å². The predicted molar refractivity (Wildman–Crippen MR) is 90.9 cm³/mol. The van der Waals surface area contributed by atoms with E-state index >= 15 is 0 Å². The third kappa shape index (κ3) is 2.51. The van der Waals surface area contributed by atoms with Gasteiger partial charge in [0.15, 0.2) is 0 Å². The lowest BCUT2D eigenvalue weighted by Crippen LogP contribution is -2.20. The van der Waals surface area contributed by atoms with Crippen LogP contribution in [0.15, 0.2) is 6.33 Å². The molecule has 0 N–H and O–H groups in total. The molecule has 1 saturated carbocycles. The summed E-state index contributed by atoms with van der Waals surface area (Å²) in [6.45, 7) is 2.28. The number of rotatable bonds is 4. The first-order chi connectivity index (χ1) is 10.9. The fourth-order valence-corrected chi connectivity index (χ4v) is 5.34. The number of hydrogen-bond acceptors (Lipinski definition) is 4. The van der Waals surface area contributed by atoms with Crippen LogP contribution in [0.5, 0.6) is 5.88 Å². The molecule has 0 bridgehead atoms. The first-order valence-electron chi connectivity index (χ1n) is 8.79. The van der Waals surface area contributed by atoms with Crippen LogP contribution in [-0.2, 0) is 6.42 Å². The Kier molecular flexibility index (Phi) is 4.03. The molecule has 2 aliphatic carbocycles. The topological polar surface area (TPSA) is 35.0 Å². The quantitative estimate of drug-likeness (QED) is 0.774. The lowest BCUT2D eigenvalue weighted by molar-refractivity contribution is 0.150. The van der Waals surface area contributed by atoms with Crippen molar-refractivity contribution < 1.29 is 4.74 Å². The van der Waals surface area contributed by atoms with Crippen molar-refractivity contribution in [1.29, 1.82) is 0 Å². The van der Waals surface area contributed by atoms with E-state index in [1.165, 1.54) is 73.6 Å². The second kappa shape index (κ2) is 6.15. The zero-order valence-electron chi connectivity index (χ0n) is 13.3. The summed E-state index contributed by atoms with van der Waals surface area (Å²) in [4.78, 5) is 11.7. The Morgan fingerprint density at radius 3 is 2.86 bits per heavy atom. The maximum absolute atomic E-state index is 6.33. The number of aryl methyl sites for hydroxylation is 1. The number of thiophene rings is 1. The molecular weight excluding hydrogens is 292 g/mol. The van der Waals surface area contributed by atoms with Crippen molar-refractivity contribution in [3.05, 3.63) is 16.8 Å². The van der Waals surface area contributed by atoms with Crippen LogP contribution in [0.2, 0.25) is 0 Å². The van der Waals surface area contributed by atoms with E-state index in [9.17, 15) is 0 Å². The summed E-state index contributed by atoms with van der Waals surface area (Å²) in [6, 6.07) is 0. The van der Waals surface area contributed by atoms with Gasteiger partial charge in [-0.2, -0.15) is 0 Å². The summed E-state index contributed by atoms with van der Waals surface area (Å²) in [7, 11) is 0. The molecule has 118 valence electrons. The molecule has 0 radical (unpaired) electrons. The first kappa shape index (κ1) is 14.4. The monoisotopic (exact) mass is 316 g/mol. The van der Waals surface area contributed by atoms with Crippen molar-refractivity contribution in [3.63, 3.8) is 0 Å². The zero-order chi connectivity index (χ0) is 14.9. The van der Waals surface area contributed by atoms with Gasteiger partial charge in [0.05, 0.1) is 5.39 Å². The van der Waals surface area contributed by atoms with E-state index < -0.39 is 0 Å². The van der Waals surface area contributed by atoms with Crippen molar-refractivity contribution >= 4 is 21.6 Å². The second-order valence-electron chi connectivity index (χ2n) is 6.70. The summed E-state index contributed by atoms with van der Waals surface area (Å²) in [6.07, 6.45) is 13.3. The second-order valence-corrected chi connectivity index (χ2v) is 7.78. The SMILES string of the molecule is CCC[C@H]1CCc2sc3ncnc(OC4CCCCC4)c3c21. The van der Waals surface area contributed by atoms with Gasteiger partial charge >= 0.3 is 0 Å². The number of fused-ring (bicyclic) bond motifs is 3. The fraction of sp³-hybridized carbons (Fsp3) is 0.667. The lowest BCUT2D eigenvalue weighted by atomic mass is 9.96. The van der Waals surface area contributed by atoms with E-state index in [-0.39, 0.29) is 0 Å². The van der Waals surface area contributed by atoms with Gasteiger partial charge in [-0.15, -0.1) is 11.3 Å². The molecule has 2 aromatic heterocycles. The van der Waals surface area contributed by atoms with Crippen LogP contribution in [0.3, 0.4) is 0 Å². The molecule has 0 aliphatic heterocycles. The number of hydrogen-bond donors (Lipinski definition) is 0. The van der Waals surface area contributed by atoms with E-state index in [1.807, 2.05) is 11.3 Å². The maximum Gasteiger partial charge on any atom is 0.225 e. The highest BCUT2D eigenvalue weighted by atomic mass is 32.1. The van der Waals surface area contributed by atoms with Crippen LogP contribution < -0.4 is 4.74 Å². The summed E-state index contributed by atoms with van der Waals surface area (Å²) < 4.78 is 6.33. The maximum atomic E-state index is 6.33. The molecule has 0 aromatic carbocycles. The fourth-order valence-electron chi connectivity index (χ4n) is 4.11. The van der Waals surface area contributed by atoms with Gasteiger partial charge < -0.3 is 4.74 Å². The molecule has 0 unspecified atom stereocenters. The van der Waals surface area contributed by atoms with Crippen LogP contribution in [0.1, 0.15) is 74.6 Å². The summed E-state index contributed by atoms with van der Waals surface area (Å²) in [5.41, 5.74) is 1.52. The molecule has 1 atom stereocenters. The van der Waals surface area contributed by atoms with Gasteiger partial charge in [0.25, 0.3) is 0 Å². The molecule has 0 spiro atoms. The molecule has 0 amide bonds. The lowest BCUT2D eigenvalue weighted by Gasteiger charge is -2.23. The average Bonchev–Trinajstić information content (AvgIpc) is 3.09. The largest absolute Gasteiger partial charge is 0.474 e. The molecule has 4 heteroatoms. The number of aromatic nitrogens is 2. The van der Waals surface area contributed by atoms with Crippen molar-refractivity contribution in [2.45, 2.75) is 76.7 Å². The van der Waals surface area contributed by atoms with Crippen molar-refractivity contribution in [2.24, 2.45) is 0 Å². The molecule has 22 heavy (non-hydrogen) atoms. The molecule has 4 rings (SSSR count). The van der Waals surface area contributed by atoms with Crippen LogP contribution >= 0.6 is 11.3 Å². The van der Waals surface area contributed by atoms with Crippen molar-refractivity contribution in [1.82, 2.24) is 9.97 Å². The highest BCUT2D eigenvalue weighted by molar-refractivity contribution is 7.19. The Bertz CT molecular complexity index is 660. The van der Waals surface area contributed by atoms with Crippen molar-refractivity contribution in [2.75, 3.05) is 0 Å². The van der Waals surface area contributed by atoms with Gasteiger partial charge in [-0.25, -0.2) is 9.97 Å². The standard InChI is InChI=1S/C18H24N2OS/c1-2-6-12-9-10-14-15(12)16-17(19-11-20-18(16)22-14)21-13-7-4-3-5-8-13/h11-13H,2-10H2,1H3/t12-/m0/s1. The van der Waals surface area contributed by atoms with Gasteiger partial charge in [-0.3, -0.25) is 0 Å². The van der Waals surface area contributed by atoms with E-state index in [0.29, 0.717) is 12.0 Å². The first-order valence-corrected chi connectivity index (χ1v) is 9.61. The Balaban J connectivity index is 1.72. The van der Waals surface area contributed by atoms with E-state index in [0.717, 1.165) is 10.7 Å². The Morgan fingerprint density at radius 1 is 1.18 bits per heavy atom. The van der Waals surface area contributed by atoms with Crippen molar-refractivity contribution in [3.8, 4) is 5.88 Å². The average molecular weight is 316 g/mol. The number of nitrogens with zero attached hydrogens (tertiary/aromatic N) is 2. The number of ether oxygens (including phenoxy) is 1. The van der Waals surface area contributed by atoms with E-state index in [2.05, 4.69) is 16.9 Å². The highest BCUT2D eigenvalue weighted by Crippen LogP contribution is 2.47. The predicted octanol–water partition coefficient (Wildman–Crippen LogP) is 5.23. The van der Waals surface area contributed by atoms with Crippen LogP contribution in [0, 0.1) is 0 Å². The minimum Gasteiger partial charge on any atom is -0.474 e. The molecular formula is C18H24N2OS. The molecule has 1 fully saturated rings. The van der Waals surface area contributed by atoms with Crippen LogP contribution in [0.4, 0.5) is 0 Å². The van der Waals surface area contributed by atoms with Crippen LogP contribution in [0.25, 0.3) is 10.2 Å². The smallest absolute Gasteiger partial charge is 0.225 e. The Hall–Kier alpha value is -1.16. The highest BCUT2D eigenvalue weighted by Gasteiger charge is 2.30. The van der Waals surface area contributed by atoms with E-state index in [1.54, 1.807) is 6.33 Å². The minimum atomic E-state index is 0.355.